The lowest BCUT2D eigenvalue weighted by atomic mass is 10.1. The zero-order valence-corrected chi connectivity index (χ0v) is 20.4. The number of hydrogen-bond donors (Lipinski definition) is 1. The molecule has 9 heteroatoms. The van der Waals surface area contributed by atoms with Crippen molar-refractivity contribution in [2.45, 2.75) is 39.3 Å². The molecule has 0 aromatic heterocycles. The molecular formula is C23H30ClN3O4S. The van der Waals surface area contributed by atoms with Crippen LogP contribution in [0.1, 0.15) is 31.4 Å². The molecule has 0 aliphatic rings. The van der Waals surface area contributed by atoms with Gasteiger partial charge in [-0.05, 0) is 48.2 Å². The highest BCUT2D eigenvalue weighted by Gasteiger charge is 2.31. The van der Waals surface area contributed by atoms with Crippen LogP contribution in [0.5, 0.6) is 0 Å². The van der Waals surface area contributed by atoms with Crippen LogP contribution in [0.4, 0.5) is 5.69 Å². The smallest absolute Gasteiger partial charge is 0.244 e. The predicted octanol–water partition coefficient (Wildman–Crippen LogP) is 3.22. The number of hydrogen-bond acceptors (Lipinski definition) is 4. The fraction of sp³-hybridized carbons (Fsp3) is 0.391. The molecule has 0 spiro atoms. The summed E-state index contributed by atoms with van der Waals surface area (Å²) in [5, 5.41) is 3.15. The van der Waals surface area contributed by atoms with Crippen LogP contribution >= 0.6 is 11.6 Å². The van der Waals surface area contributed by atoms with Crippen molar-refractivity contribution in [2.24, 2.45) is 0 Å². The van der Waals surface area contributed by atoms with E-state index in [0.717, 1.165) is 28.1 Å². The molecule has 1 N–H and O–H groups in total. The number of nitrogens with one attached hydrogen (secondary N) is 1. The second-order valence-corrected chi connectivity index (χ2v) is 9.82. The fourth-order valence-corrected chi connectivity index (χ4v) is 4.36. The summed E-state index contributed by atoms with van der Waals surface area (Å²) in [6, 6.07) is 13.3. The third kappa shape index (κ3) is 6.71. The molecule has 0 saturated carbocycles. The summed E-state index contributed by atoms with van der Waals surface area (Å²) in [5.41, 5.74) is 2.24. The van der Waals surface area contributed by atoms with Crippen LogP contribution in [0.15, 0.2) is 48.5 Å². The number of likely N-dealkylation sites (N-methyl/N-ethyl adjacent to an activating group) is 1. The Morgan fingerprint density at radius 1 is 1.00 bits per heavy atom. The standard InChI is InChI=1S/C23H30ClN3O4S/c1-5-17-9-13-20(14-10-17)27(32(4,30)31)16-22(28)26(21(6-2)23(29)25-3)15-18-7-11-19(24)12-8-18/h7-14,21H,5-6,15-16H2,1-4H3,(H,25,29)/t21-/m0/s1. The minimum Gasteiger partial charge on any atom is -0.357 e. The summed E-state index contributed by atoms with van der Waals surface area (Å²) in [6.45, 7) is 3.55. The summed E-state index contributed by atoms with van der Waals surface area (Å²) >= 11 is 5.96. The van der Waals surface area contributed by atoms with Crippen molar-refractivity contribution in [2.75, 3.05) is 24.2 Å². The molecule has 0 aliphatic heterocycles. The number of aryl methyl sites for hydroxylation is 1. The number of halogens is 1. The van der Waals surface area contributed by atoms with Crippen LogP contribution < -0.4 is 9.62 Å². The number of sulfonamides is 1. The van der Waals surface area contributed by atoms with Crippen molar-refractivity contribution >= 4 is 39.1 Å². The van der Waals surface area contributed by atoms with Crippen LogP contribution in [0, 0.1) is 0 Å². The zero-order chi connectivity index (χ0) is 23.9. The first-order valence-electron chi connectivity index (χ1n) is 10.4. The van der Waals surface area contributed by atoms with E-state index < -0.39 is 28.5 Å². The van der Waals surface area contributed by atoms with E-state index in [0.29, 0.717) is 17.1 Å². The third-order valence-electron chi connectivity index (χ3n) is 5.21. The summed E-state index contributed by atoms with van der Waals surface area (Å²) in [6.07, 6.45) is 2.26. The Morgan fingerprint density at radius 3 is 2.03 bits per heavy atom. The first kappa shape index (κ1) is 25.7. The van der Waals surface area contributed by atoms with Crippen LogP contribution in [0.2, 0.25) is 5.02 Å². The maximum Gasteiger partial charge on any atom is 0.244 e. The Balaban J connectivity index is 2.39. The summed E-state index contributed by atoms with van der Waals surface area (Å²) in [4.78, 5) is 27.3. The molecule has 0 radical (unpaired) electrons. The lowest BCUT2D eigenvalue weighted by molar-refractivity contribution is -0.140. The maximum absolute atomic E-state index is 13.4. The highest BCUT2D eigenvalue weighted by molar-refractivity contribution is 7.92. The fourth-order valence-electron chi connectivity index (χ4n) is 3.38. The van der Waals surface area contributed by atoms with Crippen LogP contribution in [-0.2, 0) is 32.6 Å². The van der Waals surface area contributed by atoms with Crippen molar-refractivity contribution < 1.29 is 18.0 Å². The molecule has 2 amide bonds. The minimum atomic E-state index is -3.73. The van der Waals surface area contributed by atoms with Gasteiger partial charge in [-0.3, -0.25) is 13.9 Å². The van der Waals surface area contributed by atoms with Gasteiger partial charge in [0.05, 0.1) is 11.9 Å². The van der Waals surface area contributed by atoms with Gasteiger partial charge in [-0.25, -0.2) is 8.42 Å². The van der Waals surface area contributed by atoms with Crippen molar-refractivity contribution in [3.8, 4) is 0 Å². The SMILES string of the molecule is CCc1ccc(N(CC(=O)N(Cc2ccc(Cl)cc2)[C@@H](CC)C(=O)NC)S(C)(=O)=O)cc1. The lowest BCUT2D eigenvalue weighted by Gasteiger charge is -2.32. The average Bonchev–Trinajstić information content (AvgIpc) is 2.77. The van der Waals surface area contributed by atoms with Crippen molar-refractivity contribution in [1.29, 1.82) is 0 Å². The molecule has 0 heterocycles. The van der Waals surface area contributed by atoms with E-state index in [1.165, 1.54) is 11.9 Å². The van der Waals surface area contributed by atoms with E-state index in [1.54, 1.807) is 43.3 Å². The molecule has 0 unspecified atom stereocenters. The first-order valence-corrected chi connectivity index (χ1v) is 12.7. The van der Waals surface area contributed by atoms with E-state index in [1.807, 2.05) is 19.1 Å². The Bertz CT molecular complexity index is 1020. The van der Waals surface area contributed by atoms with Crippen LogP contribution in [0.25, 0.3) is 0 Å². The van der Waals surface area contributed by atoms with Crippen molar-refractivity contribution in [3.63, 3.8) is 0 Å². The predicted molar refractivity (Wildman–Crippen MR) is 128 cm³/mol. The van der Waals surface area contributed by atoms with E-state index in [4.69, 9.17) is 11.6 Å². The number of amides is 2. The molecule has 174 valence electrons. The number of anilines is 1. The van der Waals surface area contributed by atoms with Crippen LogP contribution in [0.3, 0.4) is 0 Å². The highest BCUT2D eigenvalue weighted by Crippen LogP contribution is 2.21. The van der Waals surface area contributed by atoms with E-state index in [2.05, 4.69) is 5.32 Å². The second kappa shape index (κ2) is 11.3. The molecule has 0 aliphatic carbocycles. The number of carbonyl (C=O) groups excluding carboxylic acids is 2. The molecule has 2 aromatic carbocycles. The van der Waals surface area contributed by atoms with Crippen LogP contribution in [-0.4, -0.2) is 51.0 Å². The van der Waals surface area contributed by atoms with E-state index >= 15 is 0 Å². The second-order valence-electron chi connectivity index (χ2n) is 7.48. The van der Waals surface area contributed by atoms with Gasteiger partial charge in [-0.15, -0.1) is 0 Å². The molecule has 0 bridgehead atoms. The number of nitrogens with zero attached hydrogens (tertiary/aromatic N) is 2. The molecule has 32 heavy (non-hydrogen) atoms. The Morgan fingerprint density at radius 2 is 1.56 bits per heavy atom. The van der Waals surface area contributed by atoms with E-state index in [-0.39, 0.29) is 12.5 Å². The topological polar surface area (TPSA) is 86.8 Å². The van der Waals surface area contributed by atoms with Crippen molar-refractivity contribution in [3.05, 3.63) is 64.7 Å². The monoisotopic (exact) mass is 479 g/mol. The molecule has 0 saturated heterocycles. The van der Waals surface area contributed by atoms with Gasteiger partial charge in [0.2, 0.25) is 21.8 Å². The average molecular weight is 480 g/mol. The van der Waals surface area contributed by atoms with Gasteiger partial charge in [0.15, 0.2) is 0 Å². The van der Waals surface area contributed by atoms with Gasteiger partial charge in [-0.2, -0.15) is 0 Å². The Labute approximate surface area is 195 Å². The molecule has 1 atom stereocenters. The molecule has 7 nitrogen and oxygen atoms in total. The van der Waals surface area contributed by atoms with Crippen molar-refractivity contribution in [1.82, 2.24) is 10.2 Å². The molecular weight excluding hydrogens is 450 g/mol. The van der Waals surface area contributed by atoms with Gasteiger partial charge in [0.1, 0.15) is 12.6 Å². The number of rotatable bonds is 10. The molecule has 2 aromatic rings. The third-order valence-corrected chi connectivity index (χ3v) is 6.60. The maximum atomic E-state index is 13.4. The zero-order valence-electron chi connectivity index (χ0n) is 18.8. The minimum absolute atomic E-state index is 0.147. The quantitative estimate of drug-likeness (QED) is 0.566. The van der Waals surface area contributed by atoms with Gasteiger partial charge in [0.25, 0.3) is 0 Å². The van der Waals surface area contributed by atoms with Gasteiger partial charge >= 0.3 is 0 Å². The summed E-state index contributed by atoms with van der Waals surface area (Å²) in [7, 11) is -2.23. The molecule has 0 fully saturated rings. The van der Waals surface area contributed by atoms with Gasteiger partial charge < -0.3 is 10.2 Å². The lowest BCUT2D eigenvalue weighted by Crippen LogP contribution is -2.51. The summed E-state index contributed by atoms with van der Waals surface area (Å²) < 4.78 is 26.1. The van der Waals surface area contributed by atoms with E-state index in [9.17, 15) is 18.0 Å². The van der Waals surface area contributed by atoms with Gasteiger partial charge in [0, 0.05) is 18.6 Å². The van der Waals surface area contributed by atoms with Gasteiger partial charge in [-0.1, -0.05) is 49.7 Å². The Hall–Kier alpha value is -2.58. The molecule has 2 rings (SSSR count). The highest BCUT2D eigenvalue weighted by atomic mass is 35.5. The number of carbonyl (C=O) groups is 2. The summed E-state index contributed by atoms with van der Waals surface area (Å²) in [5.74, 6) is -0.784. The normalized spacial score (nSPS) is 12.2. The Kier molecular flexibility index (Phi) is 9.09. The largest absolute Gasteiger partial charge is 0.357 e. The number of benzene rings is 2. The first-order chi connectivity index (χ1) is 15.1.